The van der Waals surface area contributed by atoms with Crippen molar-refractivity contribution < 1.29 is 0 Å². The van der Waals surface area contributed by atoms with Gasteiger partial charge >= 0.3 is 0 Å². The van der Waals surface area contributed by atoms with Crippen LogP contribution in [0.2, 0.25) is 0 Å². The second kappa shape index (κ2) is 4.65. The molecule has 2 N–H and O–H groups in total. The molecule has 0 aliphatic carbocycles. The summed E-state index contributed by atoms with van der Waals surface area (Å²) in [5.74, 6) is 0.836. The van der Waals surface area contributed by atoms with Crippen LogP contribution in [-0.2, 0) is 6.54 Å². The Morgan fingerprint density at radius 2 is 2.25 bits per heavy atom. The van der Waals surface area contributed by atoms with Gasteiger partial charge in [-0.05, 0) is 47.5 Å². The average Bonchev–Trinajstić information content (AvgIpc) is 2.59. The third kappa shape index (κ3) is 2.24. The Balaban J connectivity index is 2.08. The Labute approximate surface area is 103 Å². The zero-order chi connectivity index (χ0) is 11.5. The van der Waals surface area contributed by atoms with Gasteiger partial charge in [-0.15, -0.1) is 0 Å². The van der Waals surface area contributed by atoms with Gasteiger partial charge in [0.25, 0.3) is 0 Å². The molecule has 0 bridgehead atoms. The minimum Gasteiger partial charge on any atom is -0.363 e. The van der Waals surface area contributed by atoms with Crippen molar-refractivity contribution in [3.8, 4) is 0 Å². The van der Waals surface area contributed by atoms with E-state index in [4.69, 9.17) is 0 Å². The molecular weight excluding hydrogens is 268 g/mol. The number of aromatic amines is 1. The molecule has 2 heterocycles. The quantitative estimate of drug-likeness (QED) is 0.909. The van der Waals surface area contributed by atoms with Gasteiger partial charge in [0.15, 0.2) is 0 Å². The molecule has 0 amide bonds. The van der Waals surface area contributed by atoms with Crippen molar-refractivity contribution in [2.45, 2.75) is 20.4 Å². The van der Waals surface area contributed by atoms with Crippen molar-refractivity contribution in [1.82, 2.24) is 15.2 Å². The first-order chi connectivity index (χ1) is 7.68. The highest BCUT2D eigenvalue weighted by Crippen LogP contribution is 2.19. The van der Waals surface area contributed by atoms with E-state index in [0.29, 0.717) is 6.54 Å². The van der Waals surface area contributed by atoms with Crippen LogP contribution in [0, 0.1) is 13.8 Å². The van der Waals surface area contributed by atoms with Crippen LogP contribution in [0.3, 0.4) is 0 Å². The molecule has 0 spiro atoms. The number of pyridine rings is 1. The van der Waals surface area contributed by atoms with Crippen LogP contribution in [0.15, 0.2) is 22.8 Å². The highest BCUT2D eigenvalue weighted by molar-refractivity contribution is 9.10. The van der Waals surface area contributed by atoms with E-state index < -0.39 is 0 Å². The molecule has 0 fully saturated rings. The molecule has 4 nitrogen and oxygen atoms in total. The van der Waals surface area contributed by atoms with Crippen LogP contribution in [0.25, 0.3) is 0 Å². The van der Waals surface area contributed by atoms with Crippen LogP contribution in [-0.4, -0.2) is 15.2 Å². The molecular formula is C11H13BrN4. The maximum absolute atomic E-state index is 4.23. The molecule has 0 aliphatic heterocycles. The van der Waals surface area contributed by atoms with Gasteiger partial charge in [0.05, 0.1) is 16.7 Å². The van der Waals surface area contributed by atoms with Crippen LogP contribution in [0.4, 0.5) is 5.82 Å². The first-order valence-electron chi connectivity index (χ1n) is 5.03. The topological polar surface area (TPSA) is 53.6 Å². The van der Waals surface area contributed by atoms with Gasteiger partial charge in [-0.25, -0.2) is 4.98 Å². The summed E-state index contributed by atoms with van der Waals surface area (Å²) in [6.07, 6.45) is 1.76. The minimum absolute atomic E-state index is 0.672. The smallest absolute Gasteiger partial charge is 0.140 e. The fraction of sp³-hybridized carbons (Fsp3) is 0.273. The van der Waals surface area contributed by atoms with Gasteiger partial charge in [0.1, 0.15) is 5.82 Å². The number of hydrogen-bond donors (Lipinski definition) is 2. The summed E-state index contributed by atoms with van der Waals surface area (Å²) in [5, 5.41) is 10.4. The Kier molecular flexibility index (Phi) is 3.24. The Morgan fingerprint density at radius 1 is 1.44 bits per heavy atom. The Morgan fingerprint density at radius 3 is 2.88 bits per heavy atom. The average molecular weight is 281 g/mol. The molecule has 0 unspecified atom stereocenters. The fourth-order valence-electron chi connectivity index (χ4n) is 1.39. The molecule has 16 heavy (non-hydrogen) atoms. The van der Waals surface area contributed by atoms with Crippen molar-refractivity contribution in [3.05, 3.63) is 39.8 Å². The zero-order valence-electron chi connectivity index (χ0n) is 9.21. The number of nitrogens with one attached hydrogen (secondary N) is 2. The van der Waals surface area contributed by atoms with Gasteiger partial charge in [-0.3, -0.25) is 5.10 Å². The molecule has 2 aromatic heterocycles. The molecule has 2 aromatic rings. The third-order valence-electron chi connectivity index (χ3n) is 2.54. The lowest BCUT2D eigenvalue weighted by Gasteiger charge is -2.05. The van der Waals surface area contributed by atoms with E-state index in [1.54, 1.807) is 6.20 Å². The van der Waals surface area contributed by atoms with Crippen molar-refractivity contribution in [2.75, 3.05) is 5.32 Å². The van der Waals surface area contributed by atoms with Crippen LogP contribution in [0.1, 0.15) is 17.0 Å². The number of nitrogens with zero attached hydrogens (tertiary/aromatic N) is 2. The van der Waals surface area contributed by atoms with Crippen LogP contribution in [0.5, 0.6) is 0 Å². The van der Waals surface area contributed by atoms with Gasteiger partial charge in [0.2, 0.25) is 0 Å². The number of halogens is 1. The first-order valence-corrected chi connectivity index (χ1v) is 5.82. The molecule has 0 atom stereocenters. The number of anilines is 1. The van der Waals surface area contributed by atoms with Gasteiger partial charge in [0, 0.05) is 11.9 Å². The number of rotatable bonds is 3. The van der Waals surface area contributed by atoms with E-state index in [2.05, 4.69) is 43.4 Å². The summed E-state index contributed by atoms with van der Waals surface area (Å²) >= 11 is 3.44. The van der Waals surface area contributed by atoms with E-state index in [9.17, 15) is 0 Å². The van der Waals surface area contributed by atoms with Gasteiger partial charge < -0.3 is 5.32 Å². The lowest BCUT2D eigenvalue weighted by atomic mass is 10.2. The molecule has 2 rings (SSSR count). The summed E-state index contributed by atoms with van der Waals surface area (Å²) < 4.78 is 0.958. The predicted molar refractivity (Wildman–Crippen MR) is 67.3 cm³/mol. The van der Waals surface area contributed by atoms with Crippen molar-refractivity contribution in [2.24, 2.45) is 0 Å². The fourth-order valence-corrected chi connectivity index (χ4v) is 1.79. The van der Waals surface area contributed by atoms with Gasteiger partial charge in [-0.2, -0.15) is 5.10 Å². The second-order valence-electron chi connectivity index (χ2n) is 3.61. The Bertz CT molecular complexity index is 492. The lowest BCUT2D eigenvalue weighted by molar-refractivity contribution is 0.959. The monoisotopic (exact) mass is 280 g/mol. The number of hydrogen-bond acceptors (Lipinski definition) is 3. The van der Waals surface area contributed by atoms with Gasteiger partial charge in [-0.1, -0.05) is 0 Å². The van der Waals surface area contributed by atoms with Crippen LogP contribution >= 0.6 is 15.9 Å². The lowest BCUT2D eigenvalue weighted by Crippen LogP contribution is -2.03. The van der Waals surface area contributed by atoms with E-state index in [1.165, 1.54) is 5.56 Å². The normalized spacial score (nSPS) is 10.4. The second-order valence-corrected chi connectivity index (χ2v) is 4.46. The largest absolute Gasteiger partial charge is 0.363 e. The third-order valence-corrected chi connectivity index (χ3v) is 3.18. The minimum atomic E-state index is 0.672. The van der Waals surface area contributed by atoms with E-state index in [-0.39, 0.29) is 0 Å². The summed E-state index contributed by atoms with van der Waals surface area (Å²) in [4.78, 5) is 4.23. The summed E-state index contributed by atoms with van der Waals surface area (Å²) in [5.41, 5.74) is 3.33. The highest BCUT2D eigenvalue weighted by atomic mass is 79.9. The molecule has 84 valence electrons. The standard InChI is InChI=1S/C11H13BrN4/c1-7-8(2)15-16-10(7)6-14-11-9(12)4-3-5-13-11/h3-5H,6H2,1-2H3,(H,13,14)(H,15,16). The maximum atomic E-state index is 4.23. The SMILES string of the molecule is Cc1[nH]nc(CNc2ncccc2Br)c1C. The van der Waals surface area contributed by atoms with Crippen LogP contribution < -0.4 is 5.32 Å². The molecule has 0 aromatic carbocycles. The molecule has 0 saturated heterocycles. The van der Waals surface area contributed by atoms with E-state index >= 15 is 0 Å². The Hall–Kier alpha value is -1.36. The maximum Gasteiger partial charge on any atom is 0.140 e. The summed E-state index contributed by atoms with van der Waals surface area (Å²) in [7, 11) is 0. The highest BCUT2D eigenvalue weighted by Gasteiger charge is 2.06. The number of aryl methyl sites for hydroxylation is 1. The van der Waals surface area contributed by atoms with E-state index in [1.807, 2.05) is 19.1 Å². The predicted octanol–water partition coefficient (Wildman–Crippen LogP) is 2.80. The van der Waals surface area contributed by atoms with Crippen molar-refractivity contribution in [3.63, 3.8) is 0 Å². The molecule has 0 aliphatic rings. The summed E-state index contributed by atoms with van der Waals surface area (Å²) in [6, 6.07) is 3.84. The molecule has 0 saturated carbocycles. The summed E-state index contributed by atoms with van der Waals surface area (Å²) in [6.45, 7) is 4.75. The molecule has 0 radical (unpaired) electrons. The first kappa shape index (κ1) is 11.1. The zero-order valence-corrected chi connectivity index (χ0v) is 10.8. The van der Waals surface area contributed by atoms with Crippen molar-refractivity contribution in [1.29, 1.82) is 0 Å². The van der Waals surface area contributed by atoms with Crippen molar-refractivity contribution >= 4 is 21.7 Å². The molecule has 5 heteroatoms. The number of aromatic nitrogens is 3. The number of H-pyrrole nitrogens is 1. The van der Waals surface area contributed by atoms with E-state index in [0.717, 1.165) is 21.7 Å².